The summed E-state index contributed by atoms with van der Waals surface area (Å²) >= 11 is 0. The van der Waals surface area contributed by atoms with Crippen LogP contribution >= 0.6 is 0 Å². The molecule has 0 amide bonds. The normalized spacial score (nSPS) is 10.8. The molecule has 0 bridgehead atoms. The molecule has 19 heavy (non-hydrogen) atoms. The van der Waals surface area contributed by atoms with Crippen LogP contribution in [0.15, 0.2) is 24.5 Å². The molecule has 102 valence electrons. The van der Waals surface area contributed by atoms with Crippen LogP contribution in [0, 0.1) is 6.92 Å². The van der Waals surface area contributed by atoms with Crippen molar-refractivity contribution in [1.29, 1.82) is 0 Å². The molecule has 0 aliphatic carbocycles. The van der Waals surface area contributed by atoms with E-state index in [0.717, 1.165) is 23.5 Å². The van der Waals surface area contributed by atoms with Crippen molar-refractivity contribution in [1.82, 2.24) is 25.3 Å². The van der Waals surface area contributed by atoms with Gasteiger partial charge in [0.05, 0.1) is 30.7 Å². The lowest BCUT2D eigenvalue weighted by Crippen LogP contribution is -2.18. The quantitative estimate of drug-likeness (QED) is 0.746. The van der Waals surface area contributed by atoms with E-state index in [1.165, 1.54) is 0 Å². The molecule has 0 radical (unpaired) electrons. The molecule has 6 heteroatoms. The number of rotatable bonds is 7. The summed E-state index contributed by atoms with van der Waals surface area (Å²) in [6.45, 7) is 4.90. The van der Waals surface area contributed by atoms with E-state index in [4.69, 9.17) is 4.74 Å². The second kappa shape index (κ2) is 6.96. The van der Waals surface area contributed by atoms with Crippen LogP contribution in [0.4, 0.5) is 0 Å². The number of methoxy groups -OCH3 is 1. The van der Waals surface area contributed by atoms with Crippen LogP contribution in [0.25, 0.3) is 0 Å². The van der Waals surface area contributed by atoms with Crippen molar-refractivity contribution in [3.05, 3.63) is 41.5 Å². The van der Waals surface area contributed by atoms with E-state index in [1.807, 2.05) is 29.9 Å². The highest BCUT2D eigenvalue weighted by atomic mass is 16.5. The molecule has 0 saturated carbocycles. The molecule has 2 rings (SSSR count). The van der Waals surface area contributed by atoms with Gasteiger partial charge in [0.2, 0.25) is 0 Å². The first-order valence-electron chi connectivity index (χ1n) is 6.28. The largest absolute Gasteiger partial charge is 0.383 e. The molecule has 6 nitrogen and oxygen atoms in total. The van der Waals surface area contributed by atoms with Gasteiger partial charge in [0.1, 0.15) is 0 Å². The summed E-state index contributed by atoms with van der Waals surface area (Å²) in [6, 6.07) is 3.98. The number of aryl methyl sites for hydroxylation is 1. The van der Waals surface area contributed by atoms with Crippen molar-refractivity contribution < 1.29 is 4.74 Å². The lowest BCUT2D eigenvalue weighted by Gasteiger charge is -2.03. The van der Waals surface area contributed by atoms with Gasteiger partial charge in [0.15, 0.2) is 0 Å². The molecule has 0 unspecified atom stereocenters. The molecule has 2 heterocycles. The summed E-state index contributed by atoms with van der Waals surface area (Å²) in [7, 11) is 1.69. The van der Waals surface area contributed by atoms with Crippen molar-refractivity contribution in [2.24, 2.45) is 0 Å². The number of ether oxygens (including phenoxy) is 1. The summed E-state index contributed by atoms with van der Waals surface area (Å²) in [6.07, 6.45) is 3.74. The summed E-state index contributed by atoms with van der Waals surface area (Å²) < 4.78 is 6.77. The number of nitrogens with zero attached hydrogens (tertiary/aromatic N) is 4. The summed E-state index contributed by atoms with van der Waals surface area (Å²) in [4.78, 5) is 4.35. The molecule has 0 aliphatic heterocycles. The molecular formula is C13H19N5O. The molecule has 2 aromatic heterocycles. The minimum absolute atomic E-state index is 0.651. The Morgan fingerprint density at radius 3 is 3.11 bits per heavy atom. The zero-order valence-corrected chi connectivity index (χ0v) is 11.3. The van der Waals surface area contributed by atoms with Crippen molar-refractivity contribution in [2.75, 3.05) is 20.3 Å². The van der Waals surface area contributed by atoms with E-state index in [0.29, 0.717) is 19.7 Å². The van der Waals surface area contributed by atoms with E-state index in [1.54, 1.807) is 13.3 Å². The van der Waals surface area contributed by atoms with Gasteiger partial charge in [-0.2, -0.15) is 0 Å². The molecule has 0 aliphatic rings. The average molecular weight is 261 g/mol. The zero-order chi connectivity index (χ0) is 13.5. The van der Waals surface area contributed by atoms with E-state index >= 15 is 0 Å². The van der Waals surface area contributed by atoms with E-state index in [-0.39, 0.29) is 0 Å². The van der Waals surface area contributed by atoms with E-state index in [9.17, 15) is 0 Å². The molecule has 0 spiro atoms. The van der Waals surface area contributed by atoms with Crippen molar-refractivity contribution >= 4 is 0 Å². The highest BCUT2D eigenvalue weighted by Crippen LogP contribution is 2.05. The zero-order valence-electron chi connectivity index (χ0n) is 11.3. The Balaban J connectivity index is 1.89. The lowest BCUT2D eigenvalue weighted by atomic mass is 10.2. The molecular weight excluding hydrogens is 242 g/mol. The molecule has 0 saturated heterocycles. The lowest BCUT2D eigenvalue weighted by molar-refractivity contribution is 0.199. The van der Waals surface area contributed by atoms with Crippen LogP contribution in [-0.4, -0.2) is 40.2 Å². The van der Waals surface area contributed by atoms with Crippen LogP contribution < -0.4 is 5.32 Å². The Morgan fingerprint density at radius 2 is 2.32 bits per heavy atom. The van der Waals surface area contributed by atoms with Gasteiger partial charge in [-0.15, -0.1) is 5.10 Å². The highest BCUT2D eigenvalue weighted by Gasteiger charge is 2.04. The van der Waals surface area contributed by atoms with Crippen LogP contribution in [-0.2, 0) is 17.8 Å². The third kappa shape index (κ3) is 4.11. The van der Waals surface area contributed by atoms with E-state index in [2.05, 4.69) is 20.6 Å². The number of hydrogen-bond donors (Lipinski definition) is 1. The standard InChI is InChI=1S/C13H19N5O/c1-11-4-3-5-15-13(11)10-18-9-12(16-17-18)8-14-6-7-19-2/h3-5,9,14H,6-8,10H2,1-2H3. The number of pyridine rings is 1. The predicted molar refractivity (Wildman–Crippen MR) is 71.7 cm³/mol. The first kappa shape index (κ1) is 13.6. The smallest absolute Gasteiger partial charge is 0.0965 e. The molecule has 2 aromatic rings. The van der Waals surface area contributed by atoms with Crippen molar-refractivity contribution in [3.8, 4) is 0 Å². The van der Waals surface area contributed by atoms with Gasteiger partial charge >= 0.3 is 0 Å². The maximum Gasteiger partial charge on any atom is 0.0965 e. The van der Waals surface area contributed by atoms with Crippen molar-refractivity contribution in [3.63, 3.8) is 0 Å². The van der Waals surface area contributed by atoms with Crippen LogP contribution in [0.1, 0.15) is 17.0 Å². The molecule has 0 fully saturated rings. The fourth-order valence-corrected chi connectivity index (χ4v) is 1.72. The summed E-state index contributed by atoms with van der Waals surface area (Å²) in [5, 5.41) is 11.5. The Morgan fingerprint density at radius 1 is 1.42 bits per heavy atom. The Bertz CT molecular complexity index is 511. The third-order valence-electron chi connectivity index (χ3n) is 2.80. The van der Waals surface area contributed by atoms with Gasteiger partial charge < -0.3 is 10.1 Å². The highest BCUT2D eigenvalue weighted by molar-refractivity contribution is 5.17. The first-order chi connectivity index (χ1) is 9.29. The maximum absolute atomic E-state index is 4.97. The second-order valence-corrected chi connectivity index (χ2v) is 4.34. The minimum Gasteiger partial charge on any atom is -0.383 e. The van der Waals surface area contributed by atoms with Gasteiger partial charge in [-0.1, -0.05) is 11.3 Å². The summed E-state index contributed by atoms with van der Waals surface area (Å²) in [5.74, 6) is 0. The molecule has 0 atom stereocenters. The Hall–Kier alpha value is -1.79. The fraction of sp³-hybridized carbons (Fsp3) is 0.462. The topological polar surface area (TPSA) is 64.9 Å². The van der Waals surface area contributed by atoms with Crippen LogP contribution in [0.2, 0.25) is 0 Å². The monoisotopic (exact) mass is 261 g/mol. The first-order valence-corrected chi connectivity index (χ1v) is 6.28. The van der Waals surface area contributed by atoms with Crippen molar-refractivity contribution in [2.45, 2.75) is 20.0 Å². The Labute approximate surface area is 112 Å². The number of nitrogens with one attached hydrogen (secondary N) is 1. The van der Waals surface area contributed by atoms with Gasteiger partial charge in [0, 0.05) is 26.4 Å². The van der Waals surface area contributed by atoms with Gasteiger partial charge in [-0.05, 0) is 18.6 Å². The third-order valence-corrected chi connectivity index (χ3v) is 2.80. The fourth-order valence-electron chi connectivity index (χ4n) is 1.72. The van der Waals surface area contributed by atoms with Gasteiger partial charge in [-0.25, -0.2) is 4.68 Å². The predicted octanol–water partition coefficient (Wildman–Crippen LogP) is 0.766. The van der Waals surface area contributed by atoms with E-state index < -0.39 is 0 Å². The van der Waals surface area contributed by atoms with Crippen LogP contribution in [0.3, 0.4) is 0 Å². The second-order valence-electron chi connectivity index (χ2n) is 4.34. The average Bonchev–Trinajstić information content (AvgIpc) is 2.85. The number of hydrogen-bond acceptors (Lipinski definition) is 5. The maximum atomic E-state index is 4.97. The molecule has 0 aromatic carbocycles. The number of aromatic nitrogens is 4. The molecule has 1 N–H and O–H groups in total. The van der Waals surface area contributed by atoms with Crippen LogP contribution in [0.5, 0.6) is 0 Å². The minimum atomic E-state index is 0.651. The Kier molecular flexibility index (Phi) is 5.00. The summed E-state index contributed by atoms with van der Waals surface area (Å²) in [5.41, 5.74) is 3.11. The SMILES string of the molecule is COCCNCc1cn(Cc2ncccc2C)nn1. The van der Waals surface area contributed by atoms with Gasteiger partial charge in [-0.3, -0.25) is 4.98 Å². The van der Waals surface area contributed by atoms with Gasteiger partial charge in [0.25, 0.3) is 0 Å².